The lowest BCUT2D eigenvalue weighted by Gasteiger charge is -2.26. The average molecular weight is 617 g/mol. The fourth-order valence-corrected chi connectivity index (χ4v) is 5.17. The Bertz CT molecular complexity index is 1810. The molecule has 1 aliphatic rings. The summed E-state index contributed by atoms with van der Waals surface area (Å²) in [7, 11) is 1.51. The summed E-state index contributed by atoms with van der Waals surface area (Å²) in [4.78, 5) is 32.5. The maximum Gasteiger partial charge on any atom is 0.282 e. The van der Waals surface area contributed by atoms with E-state index in [1.807, 2.05) is 36.4 Å². The van der Waals surface area contributed by atoms with Gasteiger partial charge in [-0.25, -0.2) is 4.98 Å². The van der Waals surface area contributed by atoms with Gasteiger partial charge >= 0.3 is 0 Å². The molecule has 0 radical (unpaired) electrons. The molecule has 0 unspecified atom stereocenters. The molecular formula is C30H25BrN4O6. The number of benzene rings is 3. The lowest BCUT2D eigenvalue weighted by Crippen LogP contribution is -2.43. The number of hydrogen-bond acceptors (Lipinski definition) is 8. The second kappa shape index (κ2) is 11.6. The van der Waals surface area contributed by atoms with Crippen LogP contribution in [0.5, 0.6) is 11.5 Å². The summed E-state index contributed by atoms with van der Waals surface area (Å²) in [5, 5.41) is 5.83. The quantitative estimate of drug-likeness (QED) is 0.244. The first-order chi connectivity index (χ1) is 20.0. The van der Waals surface area contributed by atoms with Crippen molar-refractivity contribution >= 4 is 49.9 Å². The highest BCUT2D eigenvalue weighted by atomic mass is 79.9. The Morgan fingerprint density at radius 2 is 1.88 bits per heavy atom. The molecule has 1 amide bonds. The van der Waals surface area contributed by atoms with E-state index in [-0.39, 0.29) is 23.9 Å². The molecule has 2 aromatic heterocycles. The molecule has 6 rings (SSSR count). The van der Waals surface area contributed by atoms with E-state index < -0.39 is 0 Å². The Labute approximate surface area is 242 Å². The molecule has 10 nitrogen and oxygen atoms in total. The SMILES string of the molecule is COc1cc(C=Nn2c(-c3cc4ccccc4o3)nc3ccccc3c2=O)cc(Br)c1OCC(=O)N1CCOCC1. The maximum atomic E-state index is 13.6. The van der Waals surface area contributed by atoms with Gasteiger partial charge in [-0.1, -0.05) is 30.3 Å². The standard InChI is InChI=1S/C30H25BrN4O6/c1-38-25-15-19(14-22(31)28(25)40-18-27(36)34-10-12-39-13-11-34)17-32-35-29(26-16-20-6-2-5-9-24(20)41-26)33-23-8-4-3-7-21(23)30(35)37/h2-9,14-17H,10-13,18H2,1H3. The number of halogens is 1. The lowest BCUT2D eigenvalue weighted by molar-refractivity contribution is -0.137. The Balaban J connectivity index is 1.34. The van der Waals surface area contributed by atoms with Crippen LogP contribution in [0.3, 0.4) is 0 Å². The molecule has 3 heterocycles. The predicted molar refractivity (Wildman–Crippen MR) is 158 cm³/mol. The van der Waals surface area contributed by atoms with Crippen molar-refractivity contribution in [3.63, 3.8) is 0 Å². The molecule has 1 aliphatic heterocycles. The summed E-state index contributed by atoms with van der Waals surface area (Å²) >= 11 is 3.52. The summed E-state index contributed by atoms with van der Waals surface area (Å²) in [6, 6.07) is 20.0. The Kier molecular flexibility index (Phi) is 7.53. The summed E-state index contributed by atoms with van der Waals surface area (Å²) in [5.74, 6) is 1.34. The van der Waals surface area contributed by atoms with Crippen LogP contribution in [0.25, 0.3) is 33.5 Å². The Hall–Kier alpha value is -4.48. The monoisotopic (exact) mass is 616 g/mol. The molecule has 208 valence electrons. The van der Waals surface area contributed by atoms with Gasteiger partial charge in [-0.2, -0.15) is 9.78 Å². The molecule has 0 atom stereocenters. The van der Waals surface area contributed by atoms with E-state index >= 15 is 0 Å². The third-order valence-electron chi connectivity index (χ3n) is 6.68. The zero-order valence-corrected chi connectivity index (χ0v) is 23.7. The fourth-order valence-electron chi connectivity index (χ4n) is 4.60. The van der Waals surface area contributed by atoms with Crippen molar-refractivity contribution in [3.8, 4) is 23.1 Å². The number of fused-ring (bicyclic) bond motifs is 2. The van der Waals surface area contributed by atoms with Crippen LogP contribution in [0, 0.1) is 0 Å². The van der Waals surface area contributed by atoms with Crippen LogP contribution in [-0.4, -0.2) is 66.7 Å². The molecule has 5 aromatic rings. The zero-order valence-electron chi connectivity index (χ0n) is 22.1. The van der Waals surface area contributed by atoms with Gasteiger partial charge in [-0.3, -0.25) is 9.59 Å². The molecule has 3 aromatic carbocycles. The molecule has 0 N–H and O–H groups in total. The third-order valence-corrected chi connectivity index (χ3v) is 7.27. The van der Waals surface area contributed by atoms with E-state index in [4.69, 9.17) is 23.6 Å². The van der Waals surface area contributed by atoms with Crippen molar-refractivity contribution in [2.45, 2.75) is 0 Å². The molecular weight excluding hydrogens is 592 g/mol. The first kappa shape index (κ1) is 26.7. The largest absolute Gasteiger partial charge is 0.493 e. The molecule has 0 saturated carbocycles. The van der Waals surface area contributed by atoms with Crippen molar-refractivity contribution in [1.29, 1.82) is 0 Å². The second-order valence-electron chi connectivity index (χ2n) is 9.28. The summed E-state index contributed by atoms with van der Waals surface area (Å²) in [6.45, 7) is 1.96. The number of rotatable bonds is 7. The van der Waals surface area contributed by atoms with Crippen LogP contribution < -0.4 is 15.0 Å². The minimum atomic E-state index is -0.338. The number of para-hydroxylation sites is 2. The summed E-state index contributed by atoms with van der Waals surface area (Å²) in [5.41, 5.74) is 1.50. The first-order valence-corrected chi connectivity index (χ1v) is 13.7. The van der Waals surface area contributed by atoms with Crippen molar-refractivity contribution in [3.05, 3.63) is 87.1 Å². The van der Waals surface area contributed by atoms with Crippen molar-refractivity contribution in [2.75, 3.05) is 40.0 Å². The normalized spacial score (nSPS) is 13.8. The molecule has 0 aliphatic carbocycles. The van der Waals surface area contributed by atoms with Gasteiger partial charge < -0.3 is 23.5 Å². The number of ether oxygens (including phenoxy) is 3. The lowest BCUT2D eigenvalue weighted by atomic mass is 10.2. The minimum absolute atomic E-state index is 0.130. The number of aromatic nitrogens is 2. The van der Waals surface area contributed by atoms with Crippen LogP contribution in [0.4, 0.5) is 0 Å². The van der Waals surface area contributed by atoms with Crippen LogP contribution in [0.2, 0.25) is 0 Å². The molecule has 11 heteroatoms. The van der Waals surface area contributed by atoms with E-state index in [0.717, 1.165) is 5.39 Å². The second-order valence-corrected chi connectivity index (χ2v) is 10.1. The van der Waals surface area contributed by atoms with Crippen LogP contribution in [0.1, 0.15) is 5.56 Å². The van der Waals surface area contributed by atoms with Gasteiger partial charge in [0.15, 0.2) is 23.9 Å². The van der Waals surface area contributed by atoms with E-state index in [1.165, 1.54) is 18.0 Å². The molecule has 1 saturated heterocycles. The van der Waals surface area contributed by atoms with Gasteiger partial charge in [0.1, 0.15) is 5.58 Å². The number of amides is 1. The minimum Gasteiger partial charge on any atom is -0.493 e. The number of morpholine rings is 1. The van der Waals surface area contributed by atoms with Crippen molar-refractivity contribution < 1.29 is 23.4 Å². The van der Waals surface area contributed by atoms with Gasteiger partial charge in [0.25, 0.3) is 11.5 Å². The highest BCUT2D eigenvalue weighted by Gasteiger charge is 2.20. The third kappa shape index (κ3) is 5.46. The summed E-state index contributed by atoms with van der Waals surface area (Å²) in [6.07, 6.45) is 1.53. The van der Waals surface area contributed by atoms with E-state index in [9.17, 15) is 9.59 Å². The van der Waals surface area contributed by atoms with Gasteiger partial charge in [0.2, 0.25) is 5.82 Å². The van der Waals surface area contributed by atoms with E-state index in [0.29, 0.717) is 70.1 Å². The van der Waals surface area contributed by atoms with Crippen LogP contribution in [0.15, 0.2) is 85.5 Å². The Morgan fingerprint density at radius 1 is 1.10 bits per heavy atom. The number of carbonyl (C=O) groups is 1. The van der Waals surface area contributed by atoms with Crippen molar-refractivity contribution in [1.82, 2.24) is 14.6 Å². The number of hydrogen-bond donors (Lipinski definition) is 0. The predicted octanol–water partition coefficient (Wildman–Crippen LogP) is 4.70. The van der Waals surface area contributed by atoms with Crippen molar-refractivity contribution in [2.24, 2.45) is 5.10 Å². The highest BCUT2D eigenvalue weighted by Crippen LogP contribution is 2.36. The highest BCUT2D eigenvalue weighted by molar-refractivity contribution is 9.10. The fraction of sp³-hybridized carbons (Fsp3) is 0.200. The zero-order chi connectivity index (χ0) is 28.3. The molecule has 0 spiro atoms. The number of carbonyl (C=O) groups excluding carboxylic acids is 1. The smallest absolute Gasteiger partial charge is 0.282 e. The molecule has 1 fully saturated rings. The number of furan rings is 1. The van der Waals surface area contributed by atoms with Gasteiger partial charge in [-0.15, -0.1) is 0 Å². The summed E-state index contributed by atoms with van der Waals surface area (Å²) < 4.78 is 24.5. The van der Waals surface area contributed by atoms with Crippen LogP contribution in [-0.2, 0) is 9.53 Å². The maximum absolute atomic E-state index is 13.6. The van der Waals surface area contributed by atoms with Gasteiger partial charge in [0, 0.05) is 18.5 Å². The Morgan fingerprint density at radius 3 is 2.68 bits per heavy atom. The first-order valence-electron chi connectivity index (χ1n) is 12.9. The van der Waals surface area contributed by atoms with E-state index in [1.54, 1.807) is 35.2 Å². The topological polar surface area (TPSA) is 108 Å². The number of methoxy groups -OCH3 is 1. The molecule has 41 heavy (non-hydrogen) atoms. The van der Waals surface area contributed by atoms with Gasteiger partial charge in [0.05, 0.1) is 41.9 Å². The van der Waals surface area contributed by atoms with E-state index in [2.05, 4.69) is 21.0 Å². The average Bonchev–Trinajstić information content (AvgIpc) is 3.44. The number of nitrogens with zero attached hydrogens (tertiary/aromatic N) is 4. The molecule has 0 bridgehead atoms. The van der Waals surface area contributed by atoms with Gasteiger partial charge in [-0.05, 0) is 57.9 Å². The van der Waals surface area contributed by atoms with Crippen LogP contribution >= 0.6 is 15.9 Å².